The van der Waals surface area contributed by atoms with E-state index in [0.717, 1.165) is 16.0 Å². The standard InChI is InChI=1S/C46H42ClN3O14P2/c1-28-26-49(36-23-39(63-65(55,56)57)32-6-2-4-8-34(32)45(28)36)44(54)15-13-30-12-10-29(22-38(30)62-21-20-61-19-18-48-41(51)16-17-42(48)52)11-14-43(53)50-27-31(25-47)46-35-9-5-3-7-33(35)40(24-37(46)50)64-66(58,59)60/h2-17,22-24,28,31H,18-21,25-27H2,1H3,(H2,55,56,57)(H2,58,59,60)/b14-11+,15-13+/t28-,31-/m1/s1. The number of fused-ring (bicyclic) bond motifs is 6. The third kappa shape index (κ3) is 9.99. The molecule has 2 atom stereocenters. The molecular weight excluding hydrogens is 916 g/mol. The van der Waals surface area contributed by atoms with Crippen LogP contribution in [-0.2, 0) is 33.0 Å². The van der Waals surface area contributed by atoms with Crippen molar-refractivity contribution in [2.75, 3.05) is 55.1 Å². The fourth-order valence-corrected chi connectivity index (χ4v) is 9.53. The molecule has 342 valence electrons. The van der Waals surface area contributed by atoms with E-state index in [9.17, 15) is 47.9 Å². The summed E-state index contributed by atoms with van der Waals surface area (Å²) >= 11 is 6.40. The summed E-state index contributed by atoms with van der Waals surface area (Å²) in [5.41, 5.74) is 3.43. The number of rotatable bonds is 16. The van der Waals surface area contributed by atoms with Gasteiger partial charge in [-0.3, -0.25) is 43.7 Å². The largest absolute Gasteiger partial charge is 0.524 e. The summed E-state index contributed by atoms with van der Waals surface area (Å²) in [7, 11) is -9.91. The molecular formula is C46H42ClN3O14P2. The Labute approximate surface area is 382 Å². The molecule has 0 spiro atoms. The van der Waals surface area contributed by atoms with Gasteiger partial charge in [0, 0.05) is 83.6 Å². The summed E-state index contributed by atoms with van der Waals surface area (Å²) < 4.78 is 45.7. The Kier molecular flexibility index (Phi) is 13.4. The molecule has 0 aliphatic carbocycles. The summed E-state index contributed by atoms with van der Waals surface area (Å²) in [6.07, 6.45) is 8.19. The zero-order valence-corrected chi connectivity index (χ0v) is 37.6. The van der Waals surface area contributed by atoms with E-state index in [1.165, 1.54) is 46.2 Å². The van der Waals surface area contributed by atoms with Gasteiger partial charge < -0.3 is 28.3 Å². The first-order chi connectivity index (χ1) is 31.5. The lowest BCUT2D eigenvalue weighted by molar-refractivity contribution is -0.137. The summed E-state index contributed by atoms with van der Waals surface area (Å²) in [4.78, 5) is 94.4. The molecule has 0 bridgehead atoms. The number of phosphoric ester groups is 2. The molecule has 20 heteroatoms. The molecule has 0 saturated heterocycles. The molecule has 3 aliphatic rings. The SMILES string of the molecule is C[C@@H]1CN(C(=O)/C=C/c2ccc(/C=C/C(=O)N3C[C@@H](CCl)c4c3cc(OP(=O)(O)O)c3ccccc43)cc2OCCOCCN2C(=O)C=CC2=O)c2cc(OP(=O)(O)O)c3ccccc3c21. The van der Waals surface area contributed by atoms with E-state index in [1.54, 1.807) is 72.8 Å². The summed E-state index contributed by atoms with van der Waals surface area (Å²) in [6, 6.07) is 21.9. The molecule has 3 heterocycles. The zero-order valence-electron chi connectivity index (χ0n) is 35.1. The van der Waals surface area contributed by atoms with Gasteiger partial charge in [0.25, 0.3) is 23.6 Å². The minimum Gasteiger partial charge on any atom is -0.491 e. The molecule has 4 N–H and O–H groups in total. The highest BCUT2D eigenvalue weighted by Crippen LogP contribution is 2.50. The highest BCUT2D eigenvalue weighted by Gasteiger charge is 2.36. The number of anilines is 2. The molecule has 5 aromatic rings. The maximum absolute atomic E-state index is 13.9. The number of alkyl halides is 1. The molecule has 4 amide bonds. The molecule has 5 aromatic carbocycles. The first-order valence-corrected chi connectivity index (χ1v) is 24.1. The van der Waals surface area contributed by atoms with Crippen LogP contribution in [0.1, 0.15) is 41.0 Å². The smallest absolute Gasteiger partial charge is 0.491 e. The molecule has 0 unspecified atom stereocenters. The topological polar surface area (TPSA) is 230 Å². The van der Waals surface area contributed by atoms with Crippen molar-refractivity contribution in [1.29, 1.82) is 0 Å². The number of halogens is 1. The van der Waals surface area contributed by atoms with Crippen LogP contribution in [0, 0.1) is 0 Å². The number of hydrogen-bond donors (Lipinski definition) is 4. The van der Waals surface area contributed by atoms with Crippen molar-refractivity contribution in [3.05, 3.63) is 125 Å². The van der Waals surface area contributed by atoms with Gasteiger partial charge in [-0.25, -0.2) is 9.13 Å². The maximum Gasteiger partial charge on any atom is 0.524 e. The maximum atomic E-state index is 13.9. The van der Waals surface area contributed by atoms with Crippen LogP contribution < -0.4 is 23.6 Å². The average molecular weight is 958 g/mol. The van der Waals surface area contributed by atoms with E-state index in [0.29, 0.717) is 49.8 Å². The van der Waals surface area contributed by atoms with E-state index in [1.807, 2.05) is 13.0 Å². The minimum atomic E-state index is -4.96. The summed E-state index contributed by atoms with van der Waals surface area (Å²) in [6.45, 7) is 2.64. The minimum absolute atomic E-state index is 0.0187. The van der Waals surface area contributed by atoms with Crippen LogP contribution >= 0.6 is 27.2 Å². The first kappa shape index (κ1) is 46.4. The third-order valence-electron chi connectivity index (χ3n) is 11.3. The zero-order chi connectivity index (χ0) is 46.9. The van der Waals surface area contributed by atoms with Gasteiger partial charge in [-0.15, -0.1) is 11.6 Å². The van der Waals surface area contributed by atoms with Gasteiger partial charge in [0.1, 0.15) is 23.9 Å². The van der Waals surface area contributed by atoms with Gasteiger partial charge in [-0.1, -0.05) is 67.6 Å². The van der Waals surface area contributed by atoms with Gasteiger partial charge >= 0.3 is 15.6 Å². The van der Waals surface area contributed by atoms with Crippen molar-refractivity contribution < 1.29 is 66.4 Å². The van der Waals surface area contributed by atoms with Crippen LogP contribution in [-0.4, -0.2) is 93.4 Å². The lowest BCUT2D eigenvalue weighted by Crippen LogP contribution is -2.33. The predicted octanol–water partition coefficient (Wildman–Crippen LogP) is 6.80. The third-order valence-corrected chi connectivity index (χ3v) is 12.5. The van der Waals surface area contributed by atoms with Crippen LogP contribution in [0.15, 0.2) is 103 Å². The van der Waals surface area contributed by atoms with E-state index < -0.39 is 39.3 Å². The second kappa shape index (κ2) is 19.0. The lowest BCUT2D eigenvalue weighted by Gasteiger charge is -2.18. The normalized spacial score (nSPS) is 17.2. The Morgan fingerprint density at radius 2 is 1.24 bits per heavy atom. The van der Waals surface area contributed by atoms with Gasteiger partial charge in [0.05, 0.1) is 31.1 Å². The van der Waals surface area contributed by atoms with E-state index in [-0.39, 0.29) is 68.7 Å². The number of carbonyl (C=O) groups is 4. The molecule has 0 fully saturated rings. The number of hydrogen-bond acceptors (Lipinski definition) is 10. The van der Waals surface area contributed by atoms with Gasteiger partial charge in [0.2, 0.25) is 0 Å². The number of nitrogens with zero attached hydrogens (tertiary/aromatic N) is 3. The number of phosphoric acid groups is 2. The molecule has 17 nitrogen and oxygen atoms in total. The van der Waals surface area contributed by atoms with E-state index in [2.05, 4.69) is 0 Å². The average Bonchev–Trinajstić information content (AvgIpc) is 3.93. The number of benzene rings is 5. The van der Waals surface area contributed by atoms with Gasteiger partial charge in [-0.2, -0.15) is 0 Å². The van der Waals surface area contributed by atoms with Crippen molar-refractivity contribution in [1.82, 2.24) is 4.90 Å². The first-order valence-electron chi connectivity index (χ1n) is 20.5. The highest BCUT2D eigenvalue weighted by molar-refractivity contribution is 7.47. The Morgan fingerprint density at radius 3 is 1.83 bits per heavy atom. The number of carbonyl (C=O) groups excluding carboxylic acids is 4. The second-order valence-electron chi connectivity index (χ2n) is 15.6. The van der Waals surface area contributed by atoms with Crippen molar-refractivity contribution in [3.8, 4) is 17.2 Å². The van der Waals surface area contributed by atoms with Gasteiger partial charge in [-0.05, 0) is 45.7 Å². The molecule has 3 aliphatic heterocycles. The fourth-order valence-electron chi connectivity index (χ4n) is 8.46. The van der Waals surface area contributed by atoms with Crippen LogP contribution in [0.5, 0.6) is 17.2 Å². The van der Waals surface area contributed by atoms with Crippen molar-refractivity contribution >= 4 is 95.9 Å². The summed E-state index contributed by atoms with van der Waals surface area (Å²) in [5.74, 6) is -1.81. The molecule has 0 radical (unpaired) electrons. The van der Waals surface area contributed by atoms with Crippen LogP contribution in [0.25, 0.3) is 33.7 Å². The quantitative estimate of drug-likeness (QED) is 0.0262. The lowest BCUT2D eigenvalue weighted by atomic mass is 9.95. The second-order valence-corrected chi connectivity index (χ2v) is 18.2. The predicted molar refractivity (Wildman–Crippen MR) is 247 cm³/mol. The Hall–Kier alpha value is -6.13. The Morgan fingerprint density at radius 1 is 0.697 bits per heavy atom. The molecule has 0 saturated carbocycles. The van der Waals surface area contributed by atoms with E-state index >= 15 is 0 Å². The van der Waals surface area contributed by atoms with Crippen molar-refractivity contribution in [2.45, 2.75) is 18.8 Å². The fraction of sp³-hybridized carbons (Fsp3) is 0.217. The molecule has 8 rings (SSSR count). The Balaban J connectivity index is 1.05. The van der Waals surface area contributed by atoms with Crippen molar-refractivity contribution in [2.24, 2.45) is 0 Å². The van der Waals surface area contributed by atoms with Crippen LogP contribution in [0.4, 0.5) is 11.4 Å². The summed E-state index contributed by atoms with van der Waals surface area (Å²) in [5, 5.41) is 2.29. The van der Waals surface area contributed by atoms with Gasteiger partial charge in [0.15, 0.2) is 0 Å². The number of imide groups is 1. The number of amides is 4. The highest BCUT2D eigenvalue weighted by atomic mass is 35.5. The monoisotopic (exact) mass is 957 g/mol. The molecule has 0 aromatic heterocycles. The molecule has 66 heavy (non-hydrogen) atoms. The van der Waals surface area contributed by atoms with Crippen LogP contribution in [0.2, 0.25) is 0 Å². The Bertz CT molecular complexity index is 2960. The van der Waals surface area contributed by atoms with E-state index in [4.69, 9.17) is 30.1 Å². The number of ether oxygens (including phenoxy) is 2. The van der Waals surface area contributed by atoms with Crippen molar-refractivity contribution in [3.63, 3.8) is 0 Å². The van der Waals surface area contributed by atoms with Crippen LogP contribution in [0.3, 0.4) is 0 Å².